The van der Waals surface area contributed by atoms with Crippen LogP contribution in [0.15, 0.2) is 6.20 Å². The highest BCUT2D eigenvalue weighted by Gasteiger charge is 2.44. The van der Waals surface area contributed by atoms with Crippen molar-refractivity contribution in [2.24, 2.45) is 0 Å². The molecule has 1 aromatic heterocycles. The first-order valence-electron chi connectivity index (χ1n) is 7.18. The number of anilines is 1. The second kappa shape index (κ2) is 4.39. The van der Waals surface area contributed by atoms with Gasteiger partial charge in [0.1, 0.15) is 0 Å². The van der Waals surface area contributed by atoms with Gasteiger partial charge in [-0.25, -0.2) is 18.4 Å². The molecule has 1 aromatic rings. The Kier molecular flexibility index (Phi) is 2.75. The Morgan fingerprint density at radius 3 is 2.85 bits per heavy atom. The van der Waals surface area contributed by atoms with E-state index in [1.807, 2.05) is 0 Å². The van der Waals surface area contributed by atoms with Crippen LogP contribution in [-0.4, -0.2) is 49.8 Å². The Hall–Kier alpha value is -1.21. The molecule has 0 aliphatic carbocycles. The number of nitrogens with one attached hydrogen (secondary N) is 1. The average molecular weight is 294 g/mol. The third-order valence-corrected chi connectivity index (χ3v) is 6.73. The van der Waals surface area contributed by atoms with Crippen LogP contribution in [0.25, 0.3) is 0 Å². The fourth-order valence-corrected chi connectivity index (χ4v) is 5.51. The zero-order valence-corrected chi connectivity index (χ0v) is 12.1. The lowest BCUT2D eigenvalue weighted by Crippen LogP contribution is -2.35. The van der Waals surface area contributed by atoms with Gasteiger partial charge in [-0.2, -0.15) is 0 Å². The van der Waals surface area contributed by atoms with E-state index < -0.39 is 9.84 Å². The minimum atomic E-state index is -3.06. The Bertz CT molecular complexity index is 640. The molecule has 20 heavy (non-hydrogen) atoms. The van der Waals surface area contributed by atoms with Crippen molar-refractivity contribution in [1.29, 1.82) is 0 Å². The second-order valence-corrected chi connectivity index (χ2v) is 8.10. The van der Waals surface area contributed by atoms with E-state index in [1.165, 1.54) is 12.8 Å². The number of fused-ring (bicyclic) bond motifs is 3. The van der Waals surface area contributed by atoms with Crippen molar-refractivity contribution in [1.82, 2.24) is 15.3 Å². The van der Waals surface area contributed by atoms with Gasteiger partial charge in [-0.3, -0.25) is 0 Å². The molecule has 0 spiro atoms. The number of aromatic nitrogens is 2. The van der Waals surface area contributed by atoms with Gasteiger partial charge < -0.3 is 10.2 Å². The maximum atomic E-state index is 12.3. The summed E-state index contributed by atoms with van der Waals surface area (Å²) < 4.78 is 24.5. The summed E-state index contributed by atoms with van der Waals surface area (Å²) in [5.74, 6) is 0.852. The van der Waals surface area contributed by atoms with Crippen LogP contribution in [0.4, 0.5) is 5.95 Å². The summed E-state index contributed by atoms with van der Waals surface area (Å²) in [4.78, 5) is 11.3. The van der Waals surface area contributed by atoms with Crippen LogP contribution in [0, 0.1) is 0 Å². The van der Waals surface area contributed by atoms with Gasteiger partial charge in [0.15, 0.2) is 9.84 Å². The van der Waals surface area contributed by atoms with Crippen LogP contribution < -0.4 is 10.2 Å². The normalized spacial score (nSPS) is 31.1. The fourth-order valence-electron chi connectivity index (χ4n) is 3.54. The molecule has 0 saturated carbocycles. The lowest BCUT2D eigenvalue weighted by Gasteiger charge is -2.27. The Balaban J connectivity index is 1.77. The first-order valence-corrected chi connectivity index (χ1v) is 8.90. The molecule has 7 heteroatoms. The summed E-state index contributed by atoms with van der Waals surface area (Å²) in [6.07, 6.45) is 4.09. The molecule has 0 aromatic carbocycles. The topological polar surface area (TPSA) is 75.2 Å². The van der Waals surface area contributed by atoms with Crippen LogP contribution in [0.3, 0.4) is 0 Å². The van der Waals surface area contributed by atoms with Crippen molar-refractivity contribution < 1.29 is 8.42 Å². The third-order valence-electron chi connectivity index (χ3n) is 4.60. The summed E-state index contributed by atoms with van der Waals surface area (Å²) in [6.45, 7) is 3.26. The molecule has 4 rings (SSSR count). The third kappa shape index (κ3) is 1.83. The molecule has 1 N–H and O–H groups in total. The maximum Gasteiger partial charge on any atom is 0.225 e. The van der Waals surface area contributed by atoms with Gasteiger partial charge in [-0.15, -0.1) is 0 Å². The number of hydrogen-bond donors (Lipinski definition) is 1. The van der Waals surface area contributed by atoms with Gasteiger partial charge in [0.05, 0.1) is 16.7 Å². The van der Waals surface area contributed by atoms with E-state index >= 15 is 0 Å². The quantitative estimate of drug-likeness (QED) is 0.789. The van der Waals surface area contributed by atoms with Crippen LogP contribution in [-0.2, 0) is 15.6 Å². The van der Waals surface area contributed by atoms with E-state index in [4.69, 9.17) is 4.98 Å². The smallest absolute Gasteiger partial charge is 0.225 e. The first kappa shape index (κ1) is 12.5. The molecule has 3 aliphatic rings. The summed E-state index contributed by atoms with van der Waals surface area (Å²) >= 11 is 0. The van der Waals surface area contributed by atoms with Crippen LogP contribution in [0.5, 0.6) is 0 Å². The molecule has 4 heterocycles. The van der Waals surface area contributed by atoms with E-state index in [0.29, 0.717) is 13.1 Å². The molecular formula is C13H18N4O2S. The lowest BCUT2D eigenvalue weighted by molar-refractivity contribution is 0.563. The molecule has 6 nitrogen and oxygen atoms in total. The van der Waals surface area contributed by atoms with Crippen molar-refractivity contribution in [2.45, 2.75) is 29.8 Å². The molecule has 3 aliphatic heterocycles. The van der Waals surface area contributed by atoms with Crippen LogP contribution >= 0.6 is 0 Å². The van der Waals surface area contributed by atoms with E-state index in [-0.39, 0.29) is 16.9 Å². The minimum absolute atomic E-state index is 0.00639. The zero-order valence-electron chi connectivity index (χ0n) is 11.2. The van der Waals surface area contributed by atoms with Crippen molar-refractivity contribution in [3.63, 3.8) is 0 Å². The number of rotatable bonds is 1. The highest BCUT2D eigenvalue weighted by atomic mass is 32.2. The second-order valence-electron chi connectivity index (χ2n) is 5.89. The molecule has 108 valence electrons. The maximum absolute atomic E-state index is 12.3. The Morgan fingerprint density at radius 1 is 1.25 bits per heavy atom. The van der Waals surface area contributed by atoms with E-state index in [1.54, 1.807) is 6.20 Å². The SMILES string of the molecule is O=S1(=O)Cc2cnc(N3CCCC3)nc2[C@H]2CNC[C@H]21. The lowest BCUT2D eigenvalue weighted by atomic mass is 10.00. The highest BCUT2D eigenvalue weighted by molar-refractivity contribution is 7.91. The Morgan fingerprint density at radius 2 is 2.05 bits per heavy atom. The van der Waals surface area contributed by atoms with Crippen molar-refractivity contribution in [2.75, 3.05) is 31.1 Å². The fraction of sp³-hybridized carbons (Fsp3) is 0.692. The number of hydrogen-bond acceptors (Lipinski definition) is 6. The highest BCUT2D eigenvalue weighted by Crippen LogP contribution is 2.36. The van der Waals surface area contributed by atoms with Gasteiger partial charge in [0.25, 0.3) is 0 Å². The molecule has 2 saturated heterocycles. The van der Waals surface area contributed by atoms with Gasteiger partial charge in [-0.05, 0) is 12.8 Å². The van der Waals surface area contributed by atoms with Gasteiger partial charge >= 0.3 is 0 Å². The predicted octanol–water partition coefficient (Wildman–Crippen LogP) is 0.0606. The summed E-state index contributed by atoms with van der Waals surface area (Å²) in [5, 5.41) is 2.89. The molecule has 0 radical (unpaired) electrons. The van der Waals surface area contributed by atoms with Gasteiger partial charge in [0, 0.05) is 43.9 Å². The average Bonchev–Trinajstić information content (AvgIpc) is 3.10. The molecule has 0 amide bonds. The standard InChI is InChI=1S/C13H18N4O2S/c18-20(19)8-9-5-15-13(17-3-1-2-4-17)16-12(9)10-6-14-7-11(10)20/h5,10-11,14H,1-4,6-8H2/t10-,11+/m0/s1. The Labute approximate surface area is 118 Å². The van der Waals surface area contributed by atoms with E-state index in [9.17, 15) is 8.42 Å². The minimum Gasteiger partial charge on any atom is -0.341 e. The summed E-state index contributed by atoms with van der Waals surface area (Å²) in [7, 11) is -3.06. The molecule has 0 bridgehead atoms. The van der Waals surface area contributed by atoms with Crippen molar-refractivity contribution in [3.05, 3.63) is 17.5 Å². The predicted molar refractivity (Wildman–Crippen MR) is 75.5 cm³/mol. The van der Waals surface area contributed by atoms with E-state index in [2.05, 4.69) is 15.2 Å². The number of sulfone groups is 1. The molecular weight excluding hydrogens is 276 g/mol. The van der Waals surface area contributed by atoms with Gasteiger partial charge in [-0.1, -0.05) is 0 Å². The van der Waals surface area contributed by atoms with Crippen molar-refractivity contribution in [3.8, 4) is 0 Å². The van der Waals surface area contributed by atoms with Crippen molar-refractivity contribution >= 4 is 15.8 Å². The summed E-state index contributed by atoms with van der Waals surface area (Å²) in [5.41, 5.74) is 1.74. The first-order chi connectivity index (χ1) is 9.65. The van der Waals surface area contributed by atoms with E-state index in [0.717, 1.165) is 30.3 Å². The summed E-state index contributed by atoms with van der Waals surface area (Å²) in [6, 6.07) is 0. The van der Waals surface area contributed by atoms with Crippen LogP contribution in [0.1, 0.15) is 30.0 Å². The zero-order chi connectivity index (χ0) is 13.7. The number of nitrogens with zero attached hydrogens (tertiary/aromatic N) is 3. The molecule has 0 unspecified atom stereocenters. The molecule has 2 fully saturated rings. The molecule has 2 atom stereocenters. The van der Waals surface area contributed by atoms with Crippen LogP contribution in [0.2, 0.25) is 0 Å². The van der Waals surface area contributed by atoms with Gasteiger partial charge in [0.2, 0.25) is 5.95 Å². The monoisotopic (exact) mass is 294 g/mol. The largest absolute Gasteiger partial charge is 0.341 e.